The molecule has 0 aliphatic rings. The quantitative estimate of drug-likeness (QED) is 0.795. The second kappa shape index (κ2) is 6.17. The van der Waals surface area contributed by atoms with E-state index in [1.54, 1.807) is 18.2 Å². The minimum absolute atomic E-state index is 0.0167. The predicted molar refractivity (Wildman–Crippen MR) is 65.2 cm³/mol. The highest BCUT2D eigenvalue weighted by molar-refractivity contribution is 7.99. The van der Waals surface area contributed by atoms with Crippen molar-refractivity contribution < 1.29 is 9.59 Å². The number of rotatable bonds is 5. The summed E-state index contributed by atoms with van der Waals surface area (Å²) in [6, 6.07) is 6.92. The first-order valence-corrected chi connectivity index (χ1v) is 6.17. The smallest absolute Gasteiger partial charge is 0.248 e. The Morgan fingerprint density at radius 2 is 2.19 bits per heavy atom. The molecule has 1 aromatic rings. The van der Waals surface area contributed by atoms with Gasteiger partial charge in [0.15, 0.2) is 0 Å². The molecule has 0 aromatic heterocycles. The van der Waals surface area contributed by atoms with Crippen LogP contribution in [-0.2, 0) is 11.3 Å². The number of carbonyl (C=O) groups excluding carboxylic acids is 2. The molecule has 0 atom stereocenters. The second-order valence-corrected chi connectivity index (χ2v) is 4.14. The summed E-state index contributed by atoms with van der Waals surface area (Å²) in [4.78, 5) is 22.1. The maximum atomic E-state index is 11.2. The molecule has 16 heavy (non-hydrogen) atoms. The van der Waals surface area contributed by atoms with Crippen LogP contribution in [0.3, 0.4) is 0 Å². The molecule has 1 aromatic carbocycles. The lowest BCUT2D eigenvalue weighted by molar-refractivity contribution is -0.118. The van der Waals surface area contributed by atoms with E-state index < -0.39 is 5.91 Å². The van der Waals surface area contributed by atoms with E-state index in [0.717, 1.165) is 5.56 Å². The van der Waals surface area contributed by atoms with Crippen LogP contribution in [0.1, 0.15) is 15.9 Å². The molecular formula is C11H14N2O2S. The minimum atomic E-state index is -0.461. The number of primary amides is 1. The molecule has 3 N–H and O–H groups in total. The molecule has 0 aliphatic carbocycles. The number of thioether (sulfide) groups is 1. The van der Waals surface area contributed by atoms with Crippen molar-refractivity contribution >= 4 is 23.6 Å². The molecule has 0 spiro atoms. The van der Waals surface area contributed by atoms with E-state index in [9.17, 15) is 9.59 Å². The Morgan fingerprint density at radius 1 is 1.44 bits per heavy atom. The van der Waals surface area contributed by atoms with Gasteiger partial charge in [0.2, 0.25) is 11.8 Å². The lowest BCUT2D eigenvalue weighted by atomic mass is 10.1. The van der Waals surface area contributed by atoms with Crippen molar-refractivity contribution in [2.45, 2.75) is 6.54 Å². The van der Waals surface area contributed by atoms with E-state index in [1.165, 1.54) is 11.8 Å². The Hall–Kier alpha value is -1.49. The summed E-state index contributed by atoms with van der Waals surface area (Å²) in [5, 5.41) is 2.75. The van der Waals surface area contributed by atoms with Gasteiger partial charge in [0.1, 0.15) is 0 Å². The van der Waals surface area contributed by atoms with Crippen molar-refractivity contribution in [3.8, 4) is 0 Å². The molecule has 0 radical (unpaired) electrons. The fourth-order valence-electron chi connectivity index (χ4n) is 1.22. The molecule has 86 valence electrons. The van der Waals surface area contributed by atoms with E-state index >= 15 is 0 Å². The molecule has 5 heteroatoms. The first-order valence-electron chi connectivity index (χ1n) is 4.78. The highest BCUT2D eigenvalue weighted by Crippen LogP contribution is 2.04. The minimum Gasteiger partial charge on any atom is -0.366 e. The predicted octanol–water partition coefficient (Wildman–Crippen LogP) is 0.765. The van der Waals surface area contributed by atoms with Crippen LogP contribution in [0.25, 0.3) is 0 Å². The van der Waals surface area contributed by atoms with Crippen molar-refractivity contribution in [2.75, 3.05) is 12.0 Å². The van der Waals surface area contributed by atoms with Crippen LogP contribution in [-0.4, -0.2) is 23.8 Å². The Morgan fingerprint density at radius 3 is 2.81 bits per heavy atom. The van der Waals surface area contributed by atoms with Gasteiger partial charge in [0, 0.05) is 12.1 Å². The first-order chi connectivity index (χ1) is 7.63. The molecule has 0 saturated carbocycles. The number of nitrogens with two attached hydrogens (primary N) is 1. The van der Waals surface area contributed by atoms with Crippen LogP contribution in [0, 0.1) is 0 Å². The third kappa shape index (κ3) is 3.94. The van der Waals surface area contributed by atoms with Gasteiger partial charge in [0.25, 0.3) is 0 Å². The van der Waals surface area contributed by atoms with Gasteiger partial charge >= 0.3 is 0 Å². The summed E-state index contributed by atoms with van der Waals surface area (Å²) in [5.74, 6) is -0.0375. The third-order valence-corrected chi connectivity index (χ3v) is 2.53. The van der Waals surface area contributed by atoms with Crippen LogP contribution in [0.15, 0.2) is 24.3 Å². The van der Waals surface area contributed by atoms with Gasteiger partial charge in [-0.15, -0.1) is 0 Å². The van der Waals surface area contributed by atoms with Crippen molar-refractivity contribution in [2.24, 2.45) is 5.73 Å². The molecule has 0 unspecified atom stereocenters. The standard InChI is InChI=1S/C11H14N2O2S/c1-16-7-10(14)13-6-8-3-2-4-9(5-8)11(12)15/h2-5H,6-7H2,1H3,(H2,12,15)(H,13,14). The maximum absolute atomic E-state index is 11.2. The number of carbonyl (C=O) groups is 2. The zero-order valence-corrected chi connectivity index (χ0v) is 9.84. The third-order valence-electron chi connectivity index (χ3n) is 1.98. The Bertz CT molecular complexity index is 393. The van der Waals surface area contributed by atoms with Crippen LogP contribution in [0.5, 0.6) is 0 Å². The van der Waals surface area contributed by atoms with Gasteiger partial charge in [-0.25, -0.2) is 0 Å². The van der Waals surface area contributed by atoms with E-state index in [-0.39, 0.29) is 5.91 Å². The second-order valence-electron chi connectivity index (χ2n) is 3.27. The Balaban J connectivity index is 2.57. The zero-order valence-electron chi connectivity index (χ0n) is 9.03. The number of benzene rings is 1. The summed E-state index contributed by atoms with van der Waals surface area (Å²) in [7, 11) is 0. The largest absolute Gasteiger partial charge is 0.366 e. The maximum Gasteiger partial charge on any atom is 0.248 e. The van der Waals surface area contributed by atoms with E-state index in [2.05, 4.69) is 5.32 Å². The number of amides is 2. The van der Waals surface area contributed by atoms with Crippen molar-refractivity contribution in [1.29, 1.82) is 0 Å². The summed E-state index contributed by atoms with van der Waals surface area (Å²) in [5.41, 5.74) is 6.48. The molecular weight excluding hydrogens is 224 g/mol. The van der Waals surface area contributed by atoms with Crippen molar-refractivity contribution in [3.05, 3.63) is 35.4 Å². The zero-order chi connectivity index (χ0) is 12.0. The molecule has 0 aliphatic heterocycles. The van der Waals surface area contributed by atoms with E-state index in [1.807, 2.05) is 12.3 Å². The lowest BCUT2D eigenvalue weighted by Crippen LogP contribution is -2.24. The Labute approximate surface area is 98.6 Å². The monoisotopic (exact) mass is 238 g/mol. The molecule has 0 saturated heterocycles. The molecule has 1 rings (SSSR count). The highest BCUT2D eigenvalue weighted by Gasteiger charge is 2.03. The molecule has 4 nitrogen and oxygen atoms in total. The average Bonchev–Trinajstić information content (AvgIpc) is 2.27. The summed E-state index contributed by atoms with van der Waals surface area (Å²) < 4.78 is 0. The van der Waals surface area contributed by atoms with Gasteiger partial charge < -0.3 is 11.1 Å². The van der Waals surface area contributed by atoms with Gasteiger partial charge in [0.05, 0.1) is 5.75 Å². The SMILES string of the molecule is CSCC(=O)NCc1cccc(C(N)=O)c1. The van der Waals surface area contributed by atoms with Gasteiger partial charge in [-0.2, -0.15) is 11.8 Å². The fourth-order valence-corrected chi connectivity index (χ4v) is 1.58. The number of nitrogens with one attached hydrogen (secondary N) is 1. The summed E-state index contributed by atoms with van der Waals surface area (Å²) in [6.07, 6.45) is 1.87. The van der Waals surface area contributed by atoms with Gasteiger partial charge in [-0.1, -0.05) is 12.1 Å². The van der Waals surface area contributed by atoms with E-state index in [0.29, 0.717) is 17.9 Å². The lowest BCUT2D eigenvalue weighted by Gasteiger charge is -2.05. The number of hydrogen-bond acceptors (Lipinski definition) is 3. The van der Waals surface area contributed by atoms with Crippen molar-refractivity contribution in [1.82, 2.24) is 5.32 Å². The van der Waals surface area contributed by atoms with Crippen LogP contribution in [0.4, 0.5) is 0 Å². The molecule has 0 bridgehead atoms. The summed E-state index contributed by atoms with van der Waals surface area (Å²) >= 11 is 1.47. The number of hydrogen-bond donors (Lipinski definition) is 2. The van der Waals surface area contributed by atoms with Gasteiger partial charge in [-0.3, -0.25) is 9.59 Å². The Kier molecular flexibility index (Phi) is 4.85. The van der Waals surface area contributed by atoms with E-state index in [4.69, 9.17) is 5.73 Å². The van der Waals surface area contributed by atoms with Crippen LogP contribution < -0.4 is 11.1 Å². The van der Waals surface area contributed by atoms with Gasteiger partial charge in [-0.05, 0) is 24.0 Å². The molecule has 2 amide bonds. The normalized spacial score (nSPS) is 9.81. The molecule has 0 heterocycles. The average molecular weight is 238 g/mol. The first kappa shape index (κ1) is 12.6. The van der Waals surface area contributed by atoms with Crippen molar-refractivity contribution in [3.63, 3.8) is 0 Å². The summed E-state index contributed by atoms with van der Waals surface area (Å²) in [6.45, 7) is 0.417. The van der Waals surface area contributed by atoms with Crippen LogP contribution >= 0.6 is 11.8 Å². The topological polar surface area (TPSA) is 72.2 Å². The van der Waals surface area contributed by atoms with Crippen LogP contribution in [0.2, 0.25) is 0 Å². The highest BCUT2D eigenvalue weighted by atomic mass is 32.2. The fraction of sp³-hybridized carbons (Fsp3) is 0.273. The molecule has 0 fully saturated rings.